The van der Waals surface area contributed by atoms with Crippen LogP contribution in [0.5, 0.6) is 17.2 Å². The molecule has 5 aromatic carbocycles. The summed E-state index contributed by atoms with van der Waals surface area (Å²) in [6.45, 7) is 5.08. The number of hydrogen-bond donors (Lipinski definition) is 1. The average Bonchev–Trinajstić information content (AvgIpc) is 3.63. The maximum Gasteiger partial charge on any atom is 0.127 e. The molecule has 0 aromatic heterocycles. The number of nitrogens with zero attached hydrogens (tertiary/aromatic N) is 1. The van der Waals surface area contributed by atoms with Gasteiger partial charge in [0, 0.05) is 25.3 Å². The van der Waals surface area contributed by atoms with Crippen LogP contribution in [0.15, 0.2) is 121 Å². The number of hydrogen-bond acceptors (Lipinski definition) is 4. The van der Waals surface area contributed by atoms with Gasteiger partial charge in [-0.1, -0.05) is 79.7 Å². The van der Waals surface area contributed by atoms with Crippen LogP contribution < -0.4 is 20.1 Å². The predicted molar refractivity (Wildman–Crippen MR) is 182 cm³/mol. The lowest BCUT2D eigenvalue weighted by Crippen LogP contribution is -2.17. The Bertz CT molecular complexity index is 1590. The quantitative estimate of drug-likeness (QED) is 0.159. The number of benzene rings is 5. The van der Waals surface area contributed by atoms with Crippen LogP contribution in [0.3, 0.4) is 0 Å². The smallest absolute Gasteiger partial charge is 0.127 e. The molecule has 5 aromatic rings. The Morgan fingerprint density at radius 2 is 1.07 bits per heavy atom. The van der Waals surface area contributed by atoms with Gasteiger partial charge in [0.25, 0.3) is 0 Å². The first-order valence-electron chi connectivity index (χ1n) is 15.9. The summed E-state index contributed by atoms with van der Waals surface area (Å²) < 4.78 is 12.5. The first-order valence-corrected chi connectivity index (χ1v) is 15.9. The normalized spacial score (nSPS) is 13.5. The fraction of sp³-hybridized carbons (Fsp3) is 0.250. The van der Waals surface area contributed by atoms with Crippen molar-refractivity contribution < 1.29 is 9.47 Å². The fourth-order valence-electron chi connectivity index (χ4n) is 5.86. The highest BCUT2D eigenvalue weighted by atomic mass is 16.5. The van der Waals surface area contributed by atoms with Gasteiger partial charge >= 0.3 is 0 Å². The van der Waals surface area contributed by atoms with Gasteiger partial charge in [0.15, 0.2) is 0 Å². The van der Waals surface area contributed by atoms with E-state index >= 15 is 0 Å². The van der Waals surface area contributed by atoms with Crippen LogP contribution in [0.25, 0.3) is 11.1 Å². The van der Waals surface area contributed by atoms with Gasteiger partial charge in [-0.2, -0.15) is 0 Å². The third kappa shape index (κ3) is 7.50. The van der Waals surface area contributed by atoms with Crippen molar-refractivity contribution in [1.82, 2.24) is 0 Å². The van der Waals surface area contributed by atoms with Crippen molar-refractivity contribution in [3.63, 3.8) is 0 Å². The summed E-state index contributed by atoms with van der Waals surface area (Å²) in [7, 11) is 0. The monoisotopic (exact) mass is 582 g/mol. The molecular formula is C40H42N2O2. The lowest BCUT2D eigenvalue weighted by molar-refractivity contribution is 0.201. The molecular weight excluding hydrogens is 540 g/mol. The summed E-state index contributed by atoms with van der Waals surface area (Å²) in [5.41, 5.74) is 14.3. The third-order valence-electron chi connectivity index (χ3n) is 8.55. The van der Waals surface area contributed by atoms with E-state index in [1.807, 2.05) is 24.3 Å². The number of rotatable bonds is 12. The SMILES string of the molecule is CCC(Oc1ccc(CCc2ccc(Oc3ccc(-c4ccc(CN)cc4)cc3)cc2)cc1)c1ccc(N2CCCC2)cc1. The molecule has 0 radical (unpaired) electrons. The van der Waals surface area contributed by atoms with Crippen molar-refractivity contribution in [2.45, 2.75) is 51.7 Å². The largest absolute Gasteiger partial charge is 0.486 e. The summed E-state index contributed by atoms with van der Waals surface area (Å²) in [6, 6.07) is 42.5. The van der Waals surface area contributed by atoms with Crippen LogP contribution in [0.1, 0.15) is 54.5 Å². The van der Waals surface area contributed by atoms with E-state index in [-0.39, 0.29) is 6.10 Å². The summed E-state index contributed by atoms with van der Waals surface area (Å²) in [5.74, 6) is 2.58. The summed E-state index contributed by atoms with van der Waals surface area (Å²) in [4.78, 5) is 2.47. The second kappa shape index (κ2) is 14.3. The van der Waals surface area contributed by atoms with E-state index in [9.17, 15) is 0 Å². The molecule has 0 spiro atoms. The summed E-state index contributed by atoms with van der Waals surface area (Å²) in [5, 5.41) is 0. The fourth-order valence-corrected chi connectivity index (χ4v) is 5.86. The zero-order valence-electron chi connectivity index (χ0n) is 25.6. The number of aryl methyl sites for hydroxylation is 2. The molecule has 224 valence electrons. The molecule has 1 aliphatic heterocycles. The van der Waals surface area contributed by atoms with Gasteiger partial charge in [0.1, 0.15) is 23.4 Å². The molecule has 0 aliphatic carbocycles. The minimum absolute atomic E-state index is 0.0565. The van der Waals surface area contributed by atoms with E-state index in [4.69, 9.17) is 15.2 Å². The minimum atomic E-state index is 0.0565. The van der Waals surface area contributed by atoms with Crippen LogP contribution in [-0.4, -0.2) is 13.1 Å². The zero-order valence-corrected chi connectivity index (χ0v) is 25.6. The van der Waals surface area contributed by atoms with Gasteiger partial charge < -0.3 is 20.1 Å². The van der Waals surface area contributed by atoms with Gasteiger partial charge in [-0.05, 0) is 114 Å². The van der Waals surface area contributed by atoms with Crippen molar-refractivity contribution in [2.75, 3.05) is 18.0 Å². The zero-order chi connectivity index (χ0) is 30.1. The molecule has 0 bridgehead atoms. The Balaban J connectivity index is 0.982. The second-order valence-electron chi connectivity index (χ2n) is 11.6. The molecule has 0 saturated carbocycles. The van der Waals surface area contributed by atoms with Crippen LogP contribution in [0, 0.1) is 0 Å². The molecule has 44 heavy (non-hydrogen) atoms. The van der Waals surface area contributed by atoms with Crippen molar-refractivity contribution >= 4 is 5.69 Å². The van der Waals surface area contributed by atoms with Crippen LogP contribution in [0.2, 0.25) is 0 Å². The van der Waals surface area contributed by atoms with Crippen LogP contribution in [0.4, 0.5) is 5.69 Å². The number of nitrogens with two attached hydrogens (primary N) is 1. The highest BCUT2D eigenvalue weighted by Gasteiger charge is 2.15. The molecule has 1 aliphatic rings. The Hall–Kier alpha value is -4.54. The predicted octanol–water partition coefficient (Wildman–Crippen LogP) is 9.52. The first kappa shape index (κ1) is 29.5. The lowest BCUT2D eigenvalue weighted by Gasteiger charge is -2.21. The third-order valence-corrected chi connectivity index (χ3v) is 8.55. The molecule has 4 nitrogen and oxygen atoms in total. The van der Waals surface area contributed by atoms with Crippen LogP contribution >= 0.6 is 0 Å². The van der Waals surface area contributed by atoms with E-state index < -0.39 is 0 Å². The van der Waals surface area contributed by atoms with Crippen LogP contribution in [-0.2, 0) is 19.4 Å². The molecule has 4 heteroatoms. The van der Waals surface area contributed by atoms with Gasteiger partial charge in [-0.3, -0.25) is 0 Å². The molecule has 1 unspecified atom stereocenters. The molecule has 1 saturated heterocycles. The van der Waals surface area contributed by atoms with Crippen molar-refractivity contribution in [1.29, 1.82) is 0 Å². The Kier molecular flexibility index (Phi) is 9.59. The van der Waals surface area contributed by atoms with E-state index in [0.29, 0.717) is 6.54 Å². The maximum atomic E-state index is 6.40. The van der Waals surface area contributed by atoms with Crippen molar-refractivity contribution in [3.8, 4) is 28.4 Å². The van der Waals surface area contributed by atoms with E-state index in [1.165, 1.54) is 53.9 Å². The van der Waals surface area contributed by atoms with Gasteiger partial charge in [-0.25, -0.2) is 0 Å². The Morgan fingerprint density at radius 3 is 1.59 bits per heavy atom. The molecule has 1 heterocycles. The molecule has 0 amide bonds. The summed E-state index contributed by atoms with van der Waals surface area (Å²) in [6.07, 6.45) is 5.52. The molecule has 1 atom stereocenters. The standard InChI is InChI=1S/C40H42N2O2/c1-2-40(35-15-19-36(20-16-35)42-27-3-4-28-42)44-39-23-11-31(12-24-39)6-5-30-9-21-37(22-10-30)43-38-25-17-34(18-26-38)33-13-7-32(29-41)8-14-33/h7-26,40H,2-6,27-29,41H2,1H3. The van der Waals surface area contributed by atoms with E-state index in [0.717, 1.165) is 47.6 Å². The van der Waals surface area contributed by atoms with E-state index in [2.05, 4.69) is 109 Å². The number of ether oxygens (including phenoxy) is 2. The second-order valence-corrected chi connectivity index (χ2v) is 11.6. The lowest BCUT2D eigenvalue weighted by atomic mass is 10.0. The Labute approximate surface area is 262 Å². The van der Waals surface area contributed by atoms with Gasteiger partial charge in [-0.15, -0.1) is 0 Å². The average molecular weight is 583 g/mol. The molecule has 2 N–H and O–H groups in total. The van der Waals surface area contributed by atoms with E-state index in [1.54, 1.807) is 0 Å². The minimum Gasteiger partial charge on any atom is -0.486 e. The topological polar surface area (TPSA) is 47.7 Å². The highest BCUT2D eigenvalue weighted by molar-refractivity contribution is 5.64. The van der Waals surface area contributed by atoms with Gasteiger partial charge in [0.05, 0.1) is 0 Å². The van der Waals surface area contributed by atoms with Gasteiger partial charge in [0.2, 0.25) is 0 Å². The number of anilines is 1. The molecule has 6 rings (SSSR count). The van der Waals surface area contributed by atoms with Crippen molar-refractivity contribution in [3.05, 3.63) is 144 Å². The first-order chi connectivity index (χ1) is 21.7. The highest BCUT2D eigenvalue weighted by Crippen LogP contribution is 2.29. The summed E-state index contributed by atoms with van der Waals surface area (Å²) >= 11 is 0. The maximum absolute atomic E-state index is 6.40. The molecule has 1 fully saturated rings. The van der Waals surface area contributed by atoms with Crippen molar-refractivity contribution in [2.24, 2.45) is 5.73 Å². The Morgan fingerprint density at radius 1 is 0.591 bits per heavy atom.